The topological polar surface area (TPSA) is 72.9 Å². The van der Waals surface area contributed by atoms with Crippen LogP contribution in [0.2, 0.25) is 0 Å². The molecule has 6 heteroatoms. The standard InChI is InChI=1S/C15H21N3O3/c1-12-4-2-3-5-13(12)16-14(19)10-17-6-8-18(9-7-17)11-15(20)21/h2-5H,6-11H2,1H3,(H,16,19)(H,20,21). The second kappa shape index (κ2) is 7.19. The molecule has 114 valence electrons. The van der Waals surface area contributed by atoms with Gasteiger partial charge >= 0.3 is 5.97 Å². The summed E-state index contributed by atoms with van der Waals surface area (Å²) in [5, 5.41) is 11.7. The van der Waals surface area contributed by atoms with Crippen molar-refractivity contribution in [3.05, 3.63) is 29.8 Å². The molecule has 1 saturated heterocycles. The van der Waals surface area contributed by atoms with Crippen molar-refractivity contribution in [3.63, 3.8) is 0 Å². The van der Waals surface area contributed by atoms with E-state index in [4.69, 9.17) is 5.11 Å². The van der Waals surface area contributed by atoms with E-state index in [1.807, 2.05) is 41.0 Å². The quantitative estimate of drug-likeness (QED) is 0.833. The Morgan fingerprint density at radius 2 is 1.67 bits per heavy atom. The molecule has 0 spiro atoms. The summed E-state index contributed by atoms with van der Waals surface area (Å²) in [6.07, 6.45) is 0. The van der Waals surface area contributed by atoms with E-state index in [9.17, 15) is 9.59 Å². The van der Waals surface area contributed by atoms with Gasteiger partial charge in [0.15, 0.2) is 0 Å². The second-order valence-corrected chi connectivity index (χ2v) is 5.31. The number of rotatable bonds is 5. The Labute approximate surface area is 124 Å². The van der Waals surface area contributed by atoms with E-state index in [0.29, 0.717) is 32.7 Å². The third-order valence-electron chi connectivity index (χ3n) is 3.61. The Hall–Kier alpha value is -1.92. The molecule has 6 nitrogen and oxygen atoms in total. The van der Waals surface area contributed by atoms with E-state index in [1.165, 1.54) is 0 Å². The molecule has 0 aliphatic carbocycles. The predicted octanol–water partition coefficient (Wildman–Crippen LogP) is 0.636. The fraction of sp³-hybridized carbons (Fsp3) is 0.467. The molecule has 1 amide bonds. The number of aliphatic carboxylic acids is 1. The highest BCUT2D eigenvalue weighted by Crippen LogP contribution is 2.13. The van der Waals surface area contributed by atoms with E-state index < -0.39 is 5.97 Å². The fourth-order valence-electron chi connectivity index (χ4n) is 2.40. The minimum Gasteiger partial charge on any atom is -0.480 e. The molecule has 1 fully saturated rings. The lowest BCUT2D eigenvalue weighted by Crippen LogP contribution is -2.49. The number of para-hydroxylation sites is 1. The summed E-state index contributed by atoms with van der Waals surface area (Å²) in [4.78, 5) is 26.6. The van der Waals surface area contributed by atoms with Crippen LogP contribution in [0.25, 0.3) is 0 Å². The molecule has 1 aliphatic heterocycles. The van der Waals surface area contributed by atoms with Crippen LogP contribution in [0.5, 0.6) is 0 Å². The fourth-order valence-corrected chi connectivity index (χ4v) is 2.40. The predicted molar refractivity (Wildman–Crippen MR) is 80.3 cm³/mol. The van der Waals surface area contributed by atoms with E-state index in [-0.39, 0.29) is 12.5 Å². The molecular weight excluding hydrogens is 270 g/mol. The molecule has 1 aliphatic rings. The van der Waals surface area contributed by atoms with Crippen molar-refractivity contribution in [1.29, 1.82) is 0 Å². The first kappa shape index (κ1) is 15.5. The first-order valence-electron chi connectivity index (χ1n) is 7.06. The van der Waals surface area contributed by atoms with Gasteiger partial charge in [0.25, 0.3) is 0 Å². The highest BCUT2D eigenvalue weighted by Gasteiger charge is 2.20. The van der Waals surface area contributed by atoms with Crippen molar-refractivity contribution in [2.24, 2.45) is 0 Å². The second-order valence-electron chi connectivity index (χ2n) is 5.31. The number of anilines is 1. The number of piperazine rings is 1. The number of nitrogens with one attached hydrogen (secondary N) is 1. The maximum Gasteiger partial charge on any atom is 0.317 e. The van der Waals surface area contributed by atoms with Gasteiger partial charge in [-0.3, -0.25) is 19.4 Å². The van der Waals surface area contributed by atoms with Gasteiger partial charge in [0.1, 0.15) is 0 Å². The number of amides is 1. The molecule has 1 aromatic carbocycles. The SMILES string of the molecule is Cc1ccccc1NC(=O)CN1CCN(CC(=O)O)CC1. The van der Waals surface area contributed by atoms with Gasteiger partial charge in [0.2, 0.25) is 5.91 Å². The third-order valence-corrected chi connectivity index (χ3v) is 3.61. The Balaban J connectivity index is 1.77. The van der Waals surface area contributed by atoms with Gasteiger partial charge in [-0.05, 0) is 18.6 Å². The number of benzene rings is 1. The summed E-state index contributed by atoms with van der Waals surface area (Å²) in [6, 6.07) is 7.68. The van der Waals surface area contributed by atoms with Gasteiger partial charge in [0.05, 0.1) is 13.1 Å². The molecule has 21 heavy (non-hydrogen) atoms. The summed E-state index contributed by atoms with van der Waals surface area (Å²) in [5.74, 6) is -0.836. The summed E-state index contributed by atoms with van der Waals surface area (Å²) in [6.45, 7) is 5.18. The molecule has 0 bridgehead atoms. The van der Waals surface area contributed by atoms with Gasteiger partial charge in [-0.2, -0.15) is 0 Å². The number of carboxylic acids is 1. The van der Waals surface area contributed by atoms with Crippen LogP contribution in [0, 0.1) is 6.92 Å². The molecule has 0 unspecified atom stereocenters. The lowest BCUT2D eigenvalue weighted by atomic mass is 10.2. The average molecular weight is 291 g/mol. The van der Waals surface area contributed by atoms with E-state index in [0.717, 1.165) is 11.3 Å². The van der Waals surface area contributed by atoms with Crippen molar-refractivity contribution < 1.29 is 14.7 Å². The highest BCUT2D eigenvalue weighted by atomic mass is 16.4. The minimum absolute atomic E-state index is 0.0315. The van der Waals surface area contributed by atoms with Crippen LogP contribution >= 0.6 is 0 Å². The Morgan fingerprint density at radius 3 is 2.24 bits per heavy atom. The van der Waals surface area contributed by atoms with Crippen molar-refractivity contribution >= 4 is 17.6 Å². The zero-order chi connectivity index (χ0) is 15.2. The molecule has 1 aromatic rings. The van der Waals surface area contributed by atoms with Gasteiger partial charge < -0.3 is 10.4 Å². The molecule has 0 aromatic heterocycles. The highest BCUT2D eigenvalue weighted by molar-refractivity contribution is 5.92. The van der Waals surface area contributed by atoms with Crippen LogP contribution in [0.15, 0.2) is 24.3 Å². The van der Waals surface area contributed by atoms with Crippen LogP contribution < -0.4 is 5.32 Å². The maximum absolute atomic E-state index is 12.0. The van der Waals surface area contributed by atoms with Crippen molar-refractivity contribution in [3.8, 4) is 0 Å². The normalized spacial score (nSPS) is 16.6. The zero-order valence-corrected chi connectivity index (χ0v) is 12.2. The van der Waals surface area contributed by atoms with Crippen LogP contribution in [-0.2, 0) is 9.59 Å². The summed E-state index contributed by atoms with van der Waals surface area (Å²) < 4.78 is 0. The van der Waals surface area contributed by atoms with Crippen LogP contribution in [0.1, 0.15) is 5.56 Å². The molecule has 2 rings (SSSR count). The number of carboxylic acid groups (broad SMARTS) is 1. The van der Waals surface area contributed by atoms with Gasteiger partial charge in [0, 0.05) is 31.9 Å². The molecule has 0 saturated carbocycles. The first-order chi connectivity index (χ1) is 10.0. The average Bonchev–Trinajstić information content (AvgIpc) is 2.43. The number of carbonyl (C=O) groups is 2. The number of hydrogen-bond acceptors (Lipinski definition) is 4. The van der Waals surface area contributed by atoms with E-state index in [1.54, 1.807) is 0 Å². The lowest BCUT2D eigenvalue weighted by Gasteiger charge is -2.33. The third kappa shape index (κ3) is 4.84. The molecule has 1 heterocycles. The minimum atomic E-state index is -0.805. The maximum atomic E-state index is 12.0. The first-order valence-corrected chi connectivity index (χ1v) is 7.06. The van der Waals surface area contributed by atoms with E-state index >= 15 is 0 Å². The van der Waals surface area contributed by atoms with Crippen LogP contribution in [0.3, 0.4) is 0 Å². The van der Waals surface area contributed by atoms with Crippen LogP contribution in [0.4, 0.5) is 5.69 Å². The largest absolute Gasteiger partial charge is 0.480 e. The van der Waals surface area contributed by atoms with Crippen molar-refractivity contribution in [1.82, 2.24) is 9.80 Å². The van der Waals surface area contributed by atoms with Gasteiger partial charge in [-0.25, -0.2) is 0 Å². The number of aryl methyl sites for hydroxylation is 1. The van der Waals surface area contributed by atoms with Gasteiger partial charge in [-0.1, -0.05) is 18.2 Å². The van der Waals surface area contributed by atoms with Crippen molar-refractivity contribution in [2.75, 3.05) is 44.6 Å². The summed E-state index contributed by atoms with van der Waals surface area (Å²) in [5.41, 5.74) is 1.88. The number of hydrogen-bond donors (Lipinski definition) is 2. The Bertz CT molecular complexity index is 511. The Kier molecular flexibility index (Phi) is 5.30. The van der Waals surface area contributed by atoms with E-state index in [2.05, 4.69) is 5.32 Å². The van der Waals surface area contributed by atoms with Crippen molar-refractivity contribution in [2.45, 2.75) is 6.92 Å². The smallest absolute Gasteiger partial charge is 0.317 e. The van der Waals surface area contributed by atoms with Gasteiger partial charge in [-0.15, -0.1) is 0 Å². The summed E-state index contributed by atoms with van der Waals surface area (Å²) in [7, 11) is 0. The monoisotopic (exact) mass is 291 g/mol. The Morgan fingerprint density at radius 1 is 1.10 bits per heavy atom. The number of carbonyl (C=O) groups excluding carboxylic acids is 1. The molecule has 0 atom stereocenters. The molecule has 0 radical (unpaired) electrons. The summed E-state index contributed by atoms with van der Waals surface area (Å²) >= 11 is 0. The molecule has 2 N–H and O–H groups in total. The van der Waals surface area contributed by atoms with Crippen LogP contribution in [-0.4, -0.2) is 66.1 Å². The lowest BCUT2D eigenvalue weighted by molar-refractivity contribution is -0.139. The zero-order valence-electron chi connectivity index (χ0n) is 12.2. The molecular formula is C15H21N3O3. The number of nitrogens with zero attached hydrogens (tertiary/aromatic N) is 2.